The minimum absolute atomic E-state index is 0.0801. The zero-order chi connectivity index (χ0) is 16.7. The number of nitrogens with one attached hydrogen (secondary N) is 1. The van der Waals surface area contributed by atoms with E-state index in [0.717, 1.165) is 22.1 Å². The molecule has 0 saturated carbocycles. The zero-order valence-electron chi connectivity index (χ0n) is 13.0. The van der Waals surface area contributed by atoms with E-state index in [2.05, 4.69) is 10.1 Å². The molecule has 0 aliphatic heterocycles. The highest BCUT2D eigenvalue weighted by Crippen LogP contribution is 2.18. The van der Waals surface area contributed by atoms with Crippen molar-refractivity contribution in [3.05, 3.63) is 71.9 Å². The number of nitrogens with zero attached hydrogens (tertiary/aromatic N) is 3. The van der Waals surface area contributed by atoms with Crippen LogP contribution in [0.4, 0.5) is 4.39 Å². The quantitative estimate of drug-likeness (QED) is 0.629. The van der Waals surface area contributed by atoms with E-state index in [9.17, 15) is 9.18 Å². The van der Waals surface area contributed by atoms with Gasteiger partial charge in [-0.3, -0.25) is 4.79 Å². The average Bonchev–Trinajstić information content (AvgIpc) is 3.18. The van der Waals surface area contributed by atoms with Crippen LogP contribution in [-0.2, 0) is 6.54 Å². The van der Waals surface area contributed by atoms with Gasteiger partial charge < -0.3 is 9.88 Å². The number of aromatic amines is 1. The Morgan fingerprint density at radius 3 is 3.00 bits per heavy atom. The van der Waals surface area contributed by atoms with Crippen LogP contribution < -0.4 is 0 Å². The standard InChI is InChI=1S/C18H15FN4O/c1-22(11-15-9-13-8-14(19)2-3-17(13)21-15)18(24)12-5-7-23-16(10-12)4-6-20-23/h2-10,21H,11H2,1H3. The van der Waals surface area contributed by atoms with Crippen LogP contribution in [0, 0.1) is 5.82 Å². The summed E-state index contributed by atoms with van der Waals surface area (Å²) >= 11 is 0. The van der Waals surface area contributed by atoms with Gasteiger partial charge in [0.15, 0.2) is 0 Å². The van der Waals surface area contributed by atoms with Crippen LogP contribution in [0.2, 0.25) is 0 Å². The van der Waals surface area contributed by atoms with Crippen molar-refractivity contribution in [2.75, 3.05) is 7.05 Å². The molecule has 4 aromatic rings. The summed E-state index contributed by atoms with van der Waals surface area (Å²) in [6.07, 6.45) is 3.46. The first kappa shape index (κ1) is 14.4. The second kappa shape index (κ2) is 5.49. The predicted octanol–water partition coefficient (Wildman–Crippen LogP) is 3.23. The van der Waals surface area contributed by atoms with Gasteiger partial charge in [0.1, 0.15) is 5.82 Å². The number of H-pyrrole nitrogens is 1. The molecule has 5 nitrogen and oxygen atoms in total. The Morgan fingerprint density at radius 1 is 1.25 bits per heavy atom. The lowest BCUT2D eigenvalue weighted by Crippen LogP contribution is -2.26. The molecule has 4 rings (SSSR count). The number of hydrogen-bond donors (Lipinski definition) is 1. The molecule has 1 N–H and O–H groups in total. The number of fused-ring (bicyclic) bond motifs is 2. The largest absolute Gasteiger partial charge is 0.357 e. The number of aromatic nitrogens is 3. The van der Waals surface area contributed by atoms with Crippen LogP contribution in [0.5, 0.6) is 0 Å². The first-order valence-electron chi connectivity index (χ1n) is 7.56. The maximum Gasteiger partial charge on any atom is 0.254 e. The molecule has 0 aliphatic carbocycles. The molecular weight excluding hydrogens is 307 g/mol. The monoisotopic (exact) mass is 322 g/mol. The van der Waals surface area contributed by atoms with Crippen LogP contribution in [0.15, 0.2) is 54.9 Å². The summed E-state index contributed by atoms with van der Waals surface area (Å²) < 4.78 is 15.0. The third-order valence-electron chi connectivity index (χ3n) is 4.04. The maximum absolute atomic E-state index is 13.3. The van der Waals surface area contributed by atoms with Gasteiger partial charge in [0.05, 0.1) is 12.1 Å². The van der Waals surface area contributed by atoms with Crippen LogP contribution >= 0.6 is 0 Å². The summed E-state index contributed by atoms with van der Waals surface area (Å²) in [4.78, 5) is 17.4. The van der Waals surface area contributed by atoms with Crippen molar-refractivity contribution in [2.45, 2.75) is 6.54 Å². The van der Waals surface area contributed by atoms with Gasteiger partial charge in [0.2, 0.25) is 0 Å². The summed E-state index contributed by atoms with van der Waals surface area (Å²) in [5.74, 6) is -0.352. The van der Waals surface area contributed by atoms with Crippen LogP contribution in [0.25, 0.3) is 16.4 Å². The normalized spacial score (nSPS) is 11.2. The summed E-state index contributed by atoms with van der Waals surface area (Å²) in [5, 5.41) is 4.92. The predicted molar refractivity (Wildman–Crippen MR) is 89.2 cm³/mol. The Balaban J connectivity index is 1.57. The number of benzene rings is 1. The number of amides is 1. The molecule has 3 aromatic heterocycles. The molecule has 0 unspecified atom stereocenters. The van der Waals surface area contributed by atoms with Crippen molar-refractivity contribution >= 4 is 22.3 Å². The van der Waals surface area contributed by atoms with E-state index in [0.29, 0.717) is 12.1 Å². The second-order valence-corrected chi connectivity index (χ2v) is 5.80. The van der Waals surface area contributed by atoms with Crippen molar-refractivity contribution in [1.82, 2.24) is 19.5 Å². The van der Waals surface area contributed by atoms with Crippen molar-refractivity contribution in [1.29, 1.82) is 0 Å². The summed E-state index contributed by atoms with van der Waals surface area (Å²) in [6.45, 7) is 0.416. The number of pyridine rings is 1. The number of hydrogen-bond acceptors (Lipinski definition) is 2. The third-order valence-corrected chi connectivity index (χ3v) is 4.04. The highest BCUT2D eigenvalue weighted by molar-refractivity contribution is 5.95. The van der Waals surface area contributed by atoms with E-state index in [1.165, 1.54) is 12.1 Å². The first-order valence-corrected chi connectivity index (χ1v) is 7.56. The molecule has 120 valence electrons. The molecule has 0 aliphatic rings. The molecule has 0 fully saturated rings. The third kappa shape index (κ3) is 2.52. The Hall–Kier alpha value is -3.15. The van der Waals surface area contributed by atoms with Gasteiger partial charge in [-0.2, -0.15) is 5.10 Å². The summed E-state index contributed by atoms with van der Waals surface area (Å²) in [5.41, 5.74) is 3.19. The minimum atomic E-state index is -0.272. The lowest BCUT2D eigenvalue weighted by atomic mass is 10.2. The Labute approximate surface area is 137 Å². The highest BCUT2D eigenvalue weighted by atomic mass is 19.1. The van der Waals surface area contributed by atoms with Crippen molar-refractivity contribution in [3.8, 4) is 0 Å². The van der Waals surface area contributed by atoms with E-state index >= 15 is 0 Å². The Kier molecular flexibility index (Phi) is 3.30. The fourth-order valence-corrected chi connectivity index (χ4v) is 2.85. The van der Waals surface area contributed by atoms with E-state index in [4.69, 9.17) is 0 Å². The molecule has 0 bridgehead atoms. The van der Waals surface area contributed by atoms with Crippen LogP contribution in [0.3, 0.4) is 0 Å². The minimum Gasteiger partial charge on any atom is -0.357 e. The maximum atomic E-state index is 13.3. The number of rotatable bonds is 3. The lowest BCUT2D eigenvalue weighted by molar-refractivity contribution is 0.0783. The van der Waals surface area contributed by atoms with Crippen molar-refractivity contribution < 1.29 is 9.18 Å². The van der Waals surface area contributed by atoms with Crippen molar-refractivity contribution in [2.24, 2.45) is 0 Å². The molecule has 1 aromatic carbocycles. The first-order chi connectivity index (χ1) is 11.6. The van der Waals surface area contributed by atoms with E-state index in [1.807, 2.05) is 18.2 Å². The average molecular weight is 322 g/mol. The van der Waals surface area contributed by atoms with E-state index in [1.54, 1.807) is 41.0 Å². The number of carbonyl (C=O) groups excluding carboxylic acids is 1. The lowest BCUT2D eigenvalue weighted by Gasteiger charge is -2.16. The summed E-state index contributed by atoms with van der Waals surface area (Å²) in [6, 6.07) is 11.9. The SMILES string of the molecule is CN(Cc1cc2cc(F)ccc2[nH]1)C(=O)c1ccn2nccc2c1. The second-order valence-electron chi connectivity index (χ2n) is 5.80. The molecule has 6 heteroatoms. The van der Waals surface area contributed by atoms with Crippen LogP contribution in [-0.4, -0.2) is 32.5 Å². The molecule has 24 heavy (non-hydrogen) atoms. The molecular formula is C18H15FN4O. The van der Waals surface area contributed by atoms with E-state index in [-0.39, 0.29) is 11.7 Å². The molecule has 0 saturated heterocycles. The summed E-state index contributed by atoms with van der Waals surface area (Å²) in [7, 11) is 1.75. The highest BCUT2D eigenvalue weighted by Gasteiger charge is 2.14. The van der Waals surface area contributed by atoms with Crippen LogP contribution in [0.1, 0.15) is 16.1 Å². The molecule has 0 radical (unpaired) electrons. The number of carbonyl (C=O) groups is 1. The Morgan fingerprint density at radius 2 is 2.12 bits per heavy atom. The topological polar surface area (TPSA) is 53.4 Å². The molecule has 0 atom stereocenters. The zero-order valence-corrected chi connectivity index (χ0v) is 13.0. The fourth-order valence-electron chi connectivity index (χ4n) is 2.85. The van der Waals surface area contributed by atoms with Gasteiger partial charge in [-0.05, 0) is 42.5 Å². The van der Waals surface area contributed by atoms with Gasteiger partial charge >= 0.3 is 0 Å². The molecule has 3 heterocycles. The van der Waals surface area contributed by atoms with Gasteiger partial charge in [0, 0.05) is 41.6 Å². The fraction of sp³-hybridized carbons (Fsp3) is 0.111. The van der Waals surface area contributed by atoms with Crippen molar-refractivity contribution in [3.63, 3.8) is 0 Å². The van der Waals surface area contributed by atoms with Gasteiger partial charge in [-0.15, -0.1) is 0 Å². The Bertz CT molecular complexity index is 1050. The number of halogens is 1. The van der Waals surface area contributed by atoms with Gasteiger partial charge in [-0.25, -0.2) is 8.91 Å². The van der Waals surface area contributed by atoms with E-state index < -0.39 is 0 Å². The smallest absolute Gasteiger partial charge is 0.254 e. The van der Waals surface area contributed by atoms with Gasteiger partial charge in [-0.1, -0.05) is 0 Å². The molecule has 0 spiro atoms. The van der Waals surface area contributed by atoms with Gasteiger partial charge in [0.25, 0.3) is 5.91 Å². The molecule has 1 amide bonds.